The SMILES string of the molecule is COC(N)=S.c1ccncc1. The quantitative estimate of drug-likeness (QED) is 0.589. The van der Waals surface area contributed by atoms with Crippen LogP contribution < -0.4 is 5.73 Å². The van der Waals surface area contributed by atoms with Gasteiger partial charge >= 0.3 is 0 Å². The van der Waals surface area contributed by atoms with E-state index >= 15 is 0 Å². The molecule has 11 heavy (non-hydrogen) atoms. The zero-order chi connectivity index (χ0) is 8.53. The molecule has 0 aliphatic rings. The highest BCUT2D eigenvalue weighted by Crippen LogP contribution is 1.73. The lowest BCUT2D eigenvalue weighted by molar-refractivity contribution is 0.408. The molecule has 0 spiro atoms. The molecule has 2 N–H and O–H groups in total. The van der Waals surface area contributed by atoms with Crippen LogP contribution in [0.4, 0.5) is 0 Å². The van der Waals surface area contributed by atoms with Crippen molar-refractivity contribution in [2.24, 2.45) is 5.73 Å². The molecule has 0 aromatic carbocycles. The summed E-state index contributed by atoms with van der Waals surface area (Å²) in [4.78, 5) is 3.78. The van der Waals surface area contributed by atoms with Gasteiger partial charge in [0.25, 0.3) is 5.17 Å². The smallest absolute Gasteiger partial charge is 0.253 e. The van der Waals surface area contributed by atoms with Crippen LogP contribution in [0.1, 0.15) is 0 Å². The Balaban J connectivity index is 0.000000187. The van der Waals surface area contributed by atoms with Gasteiger partial charge in [0.1, 0.15) is 0 Å². The zero-order valence-electron chi connectivity index (χ0n) is 6.23. The number of ether oxygens (including phenoxy) is 1. The Morgan fingerprint density at radius 2 is 1.82 bits per heavy atom. The minimum atomic E-state index is 0.0880. The molecule has 3 nitrogen and oxygen atoms in total. The van der Waals surface area contributed by atoms with Crippen LogP contribution in [0.3, 0.4) is 0 Å². The number of hydrogen-bond acceptors (Lipinski definition) is 3. The van der Waals surface area contributed by atoms with Gasteiger partial charge in [-0.2, -0.15) is 0 Å². The summed E-state index contributed by atoms with van der Waals surface area (Å²) in [5.41, 5.74) is 4.80. The Morgan fingerprint density at radius 3 is 1.91 bits per heavy atom. The first kappa shape index (κ1) is 9.84. The van der Waals surface area contributed by atoms with Crippen LogP contribution in [0, 0.1) is 0 Å². The van der Waals surface area contributed by atoms with E-state index < -0.39 is 0 Å². The van der Waals surface area contributed by atoms with Gasteiger partial charge in [0.2, 0.25) is 0 Å². The van der Waals surface area contributed by atoms with Crippen molar-refractivity contribution in [2.45, 2.75) is 0 Å². The number of methoxy groups -OCH3 is 1. The minimum Gasteiger partial charge on any atom is -0.475 e. The van der Waals surface area contributed by atoms with Gasteiger partial charge in [0.15, 0.2) is 0 Å². The number of nitrogens with zero attached hydrogens (tertiary/aromatic N) is 1. The summed E-state index contributed by atoms with van der Waals surface area (Å²) >= 11 is 4.25. The van der Waals surface area contributed by atoms with E-state index in [1.54, 1.807) is 12.4 Å². The van der Waals surface area contributed by atoms with Crippen LogP contribution >= 0.6 is 12.2 Å². The van der Waals surface area contributed by atoms with E-state index in [-0.39, 0.29) is 5.17 Å². The van der Waals surface area contributed by atoms with Crippen molar-refractivity contribution in [1.29, 1.82) is 0 Å². The average molecular weight is 170 g/mol. The highest BCUT2D eigenvalue weighted by molar-refractivity contribution is 7.79. The highest BCUT2D eigenvalue weighted by Gasteiger charge is 1.69. The molecule has 0 radical (unpaired) electrons. The van der Waals surface area contributed by atoms with Gasteiger partial charge in [0.05, 0.1) is 7.11 Å². The summed E-state index contributed by atoms with van der Waals surface area (Å²) in [6, 6.07) is 5.72. The largest absolute Gasteiger partial charge is 0.475 e. The van der Waals surface area contributed by atoms with Crippen molar-refractivity contribution >= 4 is 17.4 Å². The Bertz CT molecular complexity index is 164. The van der Waals surface area contributed by atoms with Crippen molar-refractivity contribution < 1.29 is 4.74 Å². The third kappa shape index (κ3) is 8.84. The Morgan fingerprint density at radius 1 is 1.36 bits per heavy atom. The van der Waals surface area contributed by atoms with Gasteiger partial charge in [-0.3, -0.25) is 4.98 Å². The van der Waals surface area contributed by atoms with E-state index in [4.69, 9.17) is 5.73 Å². The summed E-state index contributed by atoms with van der Waals surface area (Å²) in [6.45, 7) is 0. The molecular weight excluding hydrogens is 160 g/mol. The summed E-state index contributed by atoms with van der Waals surface area (Å²) in [5, 5.41) is 0.0880. The van der Waals surface area contributed by atoms with Crippen molar-refractivity contribution in [3.05, 3.63) is 30.6 Å². The van der Waals surface area contributed by atoms with E-state index in [1.165, 1.54) is 7.11 Å². The third-order valence-corrected chi connectivity index (χ3v) is 0.934. The van der Waals surface area contributed by atoms with E-state index in [2.05, 4.69) is 21.9 Å². The van der Waals surface area contributed by atoms with Gasteiger partial charge in [-0.15, -0.1) is 0 Å². The molecule has 0 aliphatic heterocycles. The number of hydrogen-bond donors (Lipinski definition) is 1. The van der Waals surface area contributed by atoms with Gasteiger partial charge in [0, 0.05) is 12.4 Å². The van der Waals surface area contributed by atoms with Gasteiger partial charge in [-0.1, -0.05) is 6.07 Å². The Labute approximate surface area is 71.2 Å². The predicted octanol–water partition coefficient (Wildman–Crippen LogP) is 0.958. The second kappa shape index (κ2) is 6.95. The summed E-state index contributed by atoms with van der Waals surface area (Å²) in [7, 11) is 1.43. The molecule has 0 aliphatic carbocycles. The predicted molar refractivity (Wildman–Crippen MR) is 48.0 cm³/mol. The monoisotopic (exact) mass is 170 g/mol. The fraction of sp³-hybridized carbons (Fsp3) is 0.143. The lowest BCUT2D eigenvalue weighted by atomic mass is 10.5. The molecule has 0 bridgehead atoms. The number of nitrogens with two attached hydrogens (primary N) is 1. The zero-order valence-corrected chi connectivity index (χ0v) is 7.04. The molecular formula is C7H10N2OS. The second-order valence-corrected chi connectivity index (χ2v) is 1.95. The number of rotatable bonds is 0. The van der Waals surface area contributed by atoms with E-state index in [1.807, 2.05) is 18.2 Å². The first-order valence-electron chi connectivity index (χ1n) is 2.95. The molecule has 0 fully saturated rings. The maximum absolute atomic E-state index is 4.80. The van der Waals surface area contributed by atoms with Crippen LogP contribution in [0.25, 0.3) is 0 Å². The Hall–Kier alpha value is -1.16. The van der Waals surface area contributed by atoms with E-state index in [0.717, 1.165) is 0 Å². The van der Waals surface area contributed by atoms with E-state index in [9.17, 15) is 0 Å². The van der Waals surface area contributed by atoms with Crippen LogP contribution in [0.2, 0.25) is 0 Å². The molecule has 1 heterocycles. The molecule has 0 atom stereocenters. The van der Waals surface area contributed by atoms with Crippen molar-refractivity contribution in [3.8, 4) is 0 Å². The lowest BCUT2D eigenvalue weighted by Gasteiger charge is -1.85. The highest BCUT2D eigenvalue weighted by atomic mass is 32.1. The average Bonchev–Trinajstić information content (AvgIpc) is 2.09. The third-order valence-electron chi connectivity index (χ3n) is 0.768. The first-order chi connectivity index (χ1) is 5.27. The lowest BCUT2D eigenvalue weighted by Crippen LogP contribution is -2.08. The number of pyridine rings is 1. The number of aromatic nitrogens is 1. The van der Waals surface area contributed by atoms with Crippen molar-refractivity contribution in [3.63, 3.8) is 0 Å². The topological polar surface area (TPSA) is 48.1 Å². The van der Waals surface area contributed by atoms with Crippen molar-refractivity contribution in [1.82, 2.24) is 4.98 Å². The molecule has 0 unspecified atom stereocenters. The molecule has 1 aromatic heterocycles. The van der Waals surface area contributed by atoms with Gasteiger partial charge in [-0.05, 0) is 24.4 Å². The molecule has 1 rings (SSSR count). The fourth-order valence-electron chi connectivity index (χ4n) is 0.313. The summed E-state index contributed by atoms with van der Waals surface area (Å²) in [6.07, 6.45) is 3.50. The normalized spacial score (nSPS) is 7.36. The molecule has 0 saturated carbocycles. The van der Waals surface area contributed by atoms with E-state index in [0.29, 0.717) is 0 Å². The molecule has 4 heteroatoms. The van der Waals surface area contributed by atoms with Gasteiger partial charge in [-0.25, -0.2) is 0 Å². The Kier molecular flexibility index (Phi) is 6.22. The van der Waals surface area contributed by atoms with Gasteiger partial charge < -0.3 is 10.5 Å². The van der Waals surface area contributed by atoms with Crippen LogP contribution in [-0.2, 0) is 4.74 Å². The van der Waals surface area contributed by atoms with Crippen LogP contribution in [-0.4, -0.2) is 17.3 Å². The van der Waals surface area contributed by atoms with Crippen LogP contribution in [0.15, 0.2) is 30.6 Å². The molecule has 0 saturated heterocycles. The minimum absolute atomic E-state index is 0.0880. The number of thiocarbonyl (C=S) groups is 1. The summed E-state index contributed by atoms with van der Waals surface area (Å²) in [5.74, 6) is 0. The first-order valence-corrected chi connectivity index (χ1v) is 3.36. The standard InChI is InChI=1S/C5H5N.C2H5NOS/c1-2-4-6-5-3-1;1-4-2(3)5/h1-5H;1H3,(H2,3,5). The molecule has 0 amide bonds. The fourth-order valence-corrected chi connectivity index (χ4v) is 0.313. The molecule has 1 aromatic rings. The maximum atomic E-state index is 4.80. The van der Waals surface area contributed by atoms with Crippen LogP contribution in [0.5, 0.6) is 0 Å². The molecule has 60 valence electrons. The second-order valence-electron chi connectivity index (χ2n) is 1.55. The maximum Gasteiger partial charge on any atom is 0.253 e. The van der Waals surface area contributed by atoms with Crippen molar-refractivity contribution in [2.75, 3.05) is 7.11 Å². The summed E-state index contributed by atoms with van der Waals surface area (Å²) < 4.78 is 4.26.